The van der Waals surface area contributed by atoms with E-state index in [1.807, 2.05) is 0 Å². The van der Waals surface area contributed by atoms with E-state index >= 15 is 0 Å². The van der Waals surface area contributed by atoms with Crippen molar-refractivity contribution in [3.05, 3.63) is 35.4 Å². The molecule has 0 fully saturated rings. The fourth-order valence-electron chi connectivity index (χ4n) is 0.986. The second-order valence-electron chi connectivity index (χ2n) is 2.87. The van der Waals surface area contributed by atoms with Crippen molar-refractivity contribution in [2.75, 3.05) is 6.54 Å². The topological polar surface area (TPSA) is 69.6 Å². The molecule has 0 aliphatic carbocycles. The van der Waals surface area contributed by atoms with Crippen LogP contribution < -0.4 is 5.32 Å². The van der Waals surface area contributed by atoms with Gasteiger partial charge in [0, 0.05) is 5.03 Å². The molecule has 1 rings (SSSR count). The number of hydrogen-bond donors (Lipinski definition) is 3. The van der Waals surface area contributed by atoms with E-state index in [-0.39, 0.29) is 22.9 Å². The average Bonchev–Trinajstić information content (AvgIpc) is 2.18. The third kappa shape index (κ3) is 2.89. The van der Waals surface area contributed by atoms with E-state index in [2.05, 4.69) is 11.9 Å². The molecular weight excluding hydrogens is 218 g/mol. The van der Waals surface area contributed by atoms with Gasteiger partial charge in [-0.05, 0) is 12.1 Å². The third-order valence-electron chi connectivity index (χ3n) is 1.70. The summed E-state index contributed by atoms with van der Waals surface area (Å²) >= 11 is 5.46. The van der Waals surface area contributed by atoms with Crippen molar-refractivity contribution in [3.63, 3.8) is 0 Å². The molecule has 0 aliphatic rings. The highest BCUT2D eigenvalue weighted by Gasteiger charge is 2.13. The first kappa shape index (κ1) is 11.4. The number of phenols is 2. The van der Waals surface area contributed by atoms with E-state index in [1.54, 1.807) is 0 Å². The second kappa shape index (κ2) is 4.70. The zero-order valence-corrected chi connectivity index (χ0v) is 8.58. The Morgan fingerprint density at radius 2 is 2.13 bits per heavy atom. The standard InChI is InChI=1S/C10H10ClNO3/c1-6(11)5-12-10(15)7-3-2-4-8(13)9(7)14/h2-4,13-14H,1,5H2,(H,12,15). The molecule has 1 amide bonds. The number of amides is 1. The molecule has 1 aromatic carbocycles. The molecule has 3 N–H and O–H groups in total. The van der Waals surface area contributed by atoms with Gasteiger partial charge in [-0.25, -0.2) is 0 Å². The molecule has 4 nitrogen and oxygen atoms in total. The van der Waals surface area contributed by atoms with Gasteiger partial charge in [0.25, 0.3) is 5.91 Å². The largest absolute Gasteiger partial charge is 0.504 e. The summed E-state index contributed by atoms with van der Waals surface area (Å²) in [6, 6.07) is 4.13. The van der Waals surface area contributed by atoms with Crippen LogP contribution in [0.25, 0.3) is 0 Å². The van der Waals surface area contributed by atoms with Crippen molar-refractivity contribution in [3.8, 4) is 11.5 Å². The van der Waals surface area contributed by atoms with Crippen LogP contribution in [0.2, 0.25) is 0 Å². The predicted molar refractivity (Wildman–Crippen MR) is 57.1 cm³/mol. The first-order valence-corrected chi connectivity index (χ1v) is 4.52. The molecule has 0 saturated heterocycles. The van der Waals surface area contributed by atoms with Gasteiger partial charge in [0.1, 0.15) is 0 Å². The van der Waals surface area contributed by atoms with E-state index < -0.39 is 11.7 Å². The van der Waals surface area contributed by atoms with E-state index in [0.717, 1.165) is 0 Å². The van der Waals surface area contributed by atoms with Gasteiger partial charge < -0.3 is 15.5 Å². The Kier molecular flexibility index (Phi) is 3.57. The van der Waals surface area contributed by atoms with Crippen LogP contribution in [0.3, 0.4) is 0 Å². The normalized spacial score (nSPS) is 9.67. The lowest BCUT2D eigenvalue weighted by Crippen LogP contribution is -2.24. The number of para-hydroxylation sites is 1. The molecule has 0 radical (unpaired) electrons. The molecule has 0 saturated carbocycles. The molecule has 0 bridgehead atoms. The molecule has 80 valence electrons. The Morgan fingerprint density at radius 1 is 1.47 bits per heavy atom. The maximum absolute atomic E-state index is 11.4. The van der Waals surface area contributed by atoms with Gasteiger partial charge in [0.15, 0.2) is 11.5 Å². The first-order chi connectivity index (χ1) is 7.02. The zero-order chi connectivity index (χ0) is 11.4. The number of aromatic hydroxyl groups is 2. The summed E-state index contributed by atoms with van der Waals surface area (Å²) in [7, 11) is 0. The Bertz CT molecular complexity index is 404. The van der Waals surface area contributed by atoms with Crippen LogP contribution in [0.5, 0.6) is 11.5 Å². The molecule has 15 heavy (non-hydrogen) atoms. The third-order valence-corrected chi connectivity index (χ3v) is 1.83. The summed E-state index contributed by atoms with van der Waals surface area (Å²) < 4.78 is 0. The van der Waals surface area contributed by atoms with Crippen LogP contribution in [0.15, 0.2) is 29.8 Å². The molecule has 0 unspecified atom stereocenters. The van der Waals surface area contributed by atoms with Crippen LogP contribution in [-0.2, 0) is 0 Å². The quantitative estimate of drug-likeness (QED) is 0.687. The van der Waals surface area contributed by atoms with Crippen molar-refractivity contribution < 1.29 is 15.0 Å². The number of phenolic OH excluding ortho intramolecular Hbond substituents is 2. The predicted octanol–water partition coefficient (Wildman–Crippen LogP) is 1.58. The molecule has 0 aliphatic heterocycles. The second-order valence-corrected chi connectivity index (χ2v) is 3.41. The summed E-state index contributed by atoms with van der Waals surface area (Å²) in [5.41, 5.74) is -0.00656. The highest BCUT2D eigenvalue weighted by Crippen LogP contribution is 2.27. The summed E-state index contributed by atoms with van der Waals surface area (Å²) in [6.45, 7) is 3.51. The minimum Gasteiger partial charge on any atom is -0.504 e. The first-order valence-electron chi connectivity index (χ1n) is 4.14. The fraction of sp³-hybridized carbons (Fsp3) is 0.100. The summed E-state index contributed by atoms with van der Waals surface area (Å²) in [4.78, 5) is 11.4. The molecule has 0 atom stereocenters. The number of hydrogen-bond acceptors (Lipinski definition) is 3. The van der Waals surface area contributed by atoms with Crippen molar-refractivity contribution >= 4 is 17.5 Å². The number of benzene rings is 1. The van der Waals surface area contributed by atoms with E-state index in [9.17, 15) is 9.90 Å². The lowest BCUT2D eigenvalue weighted by Gasteiger charge is -2.06. The zero-order valence-electron chi connectivity index (χ0n) is 7.83. The minimum absolute atomic E-state index is 0.00656. The fourth-order valence-corrected chi connectivity index (χ4v) is 1.05. The van der Waals surface area contributed by atoms with Crippen molar-refractivity contribution in [1.29, 1.82) is 0 Å². The van der Waals surface area contributed by atoms with Gasteiger partial charge in [0.2, 0.25) is 0 Å². The highest BCUT2D eigenvalue weighted by molar-refractivity contribution is 6.29. The Morgan fingerprint density at radius 3 is 2.73 bits per heavy atom. The average molecular weight is 228 g/mol. The van der Waals surface area contributed by atoms with Gasteiger partial charge in [-0.15, -0.1) is 0 Å². The van der Waals surface area contributed by atoms with Gasteiger partial charge in [0.05, 0.1) is 12.1 Å². The number of halogens is 1. The maximum atomic E-state index is 11.4. The highest BCUT2D eigenvalue weighted by atomic mass is 35.5. The van der Waals surface area contributed by atoms with Gasteiger partial charge in [-0.2, -0.15) is 0 Å². The minimum atomic E-state index is -0.523. The molecule has 0 spiro atoms. The SMILES string of the molecule is C=C(Cl)CNC(=O)c1cccc(O)c1O. The number of rotatable bonds is 3. The molecule has 1 aromatic rings. The number of nitrogens with one attached hydrogen (secondary N) is 1. The summed E-state index contributed by atoms with van der Waals surface area (Å²) in [6.07, 6.45) is 0. The van der Waals surface area contributed by atoms with Crippen molar-refractivity contribution in [2.24, 2.45) is 0 Å². The van der Waals surface area contributed by atoms with Crippen LogP contribution in [0, 0.1) is 0 Å². The van der Waals surface area contributed by atoms with Crippen molar-refractivity contribution in [1.82, 2.24) is 5.32 Å². The Balaban J connectivity index is 2.82. The lowest BCUT2D eigenvalue weighted by atomic mass is 10.1. The van der Waals surface area contributed by atoms with Crippen LogP contribution in [0.1, 0.15) is 10.4 Å². The molecule has 0 aromatic heterocycles. The number of carbonyl (C=O) groups excluding carboxylic acids is 1. The lowest BCUT2D eigenvalue weighted by molar-refractivity contribution is 0.0954. The van der Waals surface area contributed by atoms with E-state index in [1.165, 1.54) is 18.2 Å². The molecule has 0 heterocycles. The monoisotopic (exact) mass is 227 g/mol. The van der Waals surface area contributed by atoms with Gasteiger partial charge >= 0.3 is 0 Å². The Labute approximate surface area is 91.8 Å². The summed E-state index contributed by atoms with van der Waals surface area (Å²) in [5.74, 6) is -1.31. The van der Waals surface area contributed by atoms with Gasteiger partial charge in [-0.3, -0.25) is 4.79 Å². The molecular formula is C10H10ClNO3. The van der Waals surface area contributed by atoms with Crippen LogP contribution in [-0.4, -0.2) is 22.7 Å². The smallest absolute Gasteiger partial charge is 0.255 e. The Hall–Kier alpha value is -1.68. The van der Waals surface area contributed by atoms with Crippen LogP contribution >= 0.6 is 11.6 Å². The van der Waals surface area contributed by atoms with E-state index in [4.69, 9.17) is 16.7 Å². The molecule has 5 heteroatoms. The van der Waals surface area contributed by atoms with Crippen molar-refractivity contribution in [2.45, 2.75) is 0 Å². The van der Waals surface area contributed by atoms with E-state index in [0.29, 0.717) is 0 Å². The summed E-state index contributed by atoms with van der Waals surface area (Å²) in [5, 5.41) is 21.2. The number of carbonyl (C=O) groups is 1. The van der Waals surface area contributed by atoms with Gasteiger partial charge in [-0.1, -0.05) is 24.2 Å². The maximum Gasteiger partial charge on any atom is 0.255 e. The van der Waals surface area contributed by atoms with Crippen LogP contribution in [0.4, 0.5) is 0 Å².